The van der Waals surface area contributed by atoms with Crippen LogP contribution in [0, 0.1) is 33.0 Å². The van der Waals surface area contributed by atoms with Gasteiger partial charge in [-0.05, 0) is 84.8 Å². The maximum atomic E-state index is 13.4. The molecule has 2 N–H and O–H groups in total. The highest BCUT2D eigenvalue weighted by Gasteiger charge is 2.63. The van der Waals surface area contributed by atoms with Gasteiger partial charge < -0.3 is 15.2 Å². The summed E-state index contributed by atoms with van der Waals surface area (Å²) < 4.78 is 5.17. The monoisotopic (exact) mass is 523 g/mol. The fourth-order valence-electron chi connectivity index (χ4n) is 8.64. The van der Waals surface area contributed by atoms with E-state index in [0.717, 1.165) is 49.7 Å². The molecule has 0 bridgehead atoms. The maximum Gasteiger partial charge on any atom is 0.226 e. The summed E-state index contributed by atoms with van der Waals surface area (Å²) in [4.78, 5) is 26.2. The Labute approximate surface area is 229 Å². The number of fused-ring (bicyclic) bond motifs is 3. The molecule has 0 aromatic heterocycles. The minimum absolute atomic E-state index is 0.0251. The second kappa shape index (κ2) is 9.50. The number of aliphatic hydroxyl groups excluding tert-OH is 1. The van der Waals surface area contributed by atoms with Crippen molar-refractivity contribution in [3.05, 3.63) is 46.3 Å². The zero-order chi connectivity index (χ0) is 28.3. The number of hydrogen-bond donors (Lipinski definition) is 2. The summed E-state index contributed by atoms with van der Waals surface area (Å²) in [6.45, 7) is 19.4. The van der Waals surface area contributed by atoms with Crippen molar-refractivity contribution in [3.8, 4) is 0 Å². The first-order valence-corrected chi connectivity index (χ1v) is 14.5. The molecule has 0 aliphatic heterocycles. The molecule has 38 heavy (non-hydrogen) atoms. The molecule has 2 fully saturated rings. The van der Waals surface area contributed by atoms with Crippen molar-refractivity contribution in [2.75, 3.05) is 20.3 Å². The van der Waals surface area contributed by atoms with E-state index in [9.17, 15) is 14.7 Å². The zero-order valence-electron chi connectivity index (χ0n) is 25.1. The number of carbonyl (C=O) groups is 2. The van der Waals surface area contributed by atoms with Crippen molar-refractivity contribution >= 4 is 11.7 Å². The summed E-state index contributed by atoms with van der Waals surface area (Å²) >= 11 is 0. The zero-order valence-corrected chi connectivity index (χ0v) is 25.1. The fraction of sp³-hybridized carbons (Fsp3) is 0.697. The van der Waals surface area contributed by atoms with Crippen LogP contribution in [0.5, 0.6) is 0 Å². The molecule has 4 aliphatic rings. The van der Waals surface area contributed by atoms with Gasteiger partial charge in [-0.1, -0.05) is 66.2 Å². The van der Waals surface area contributed by atoms with Gasteiger partial charge in [0.2, 0.25) is 11.7 Å². The standard InChI is InChI=1S/C33H49NO4/c1-10-32(7)25-12-11-22-21(2)27(36)24(35)19-23(22)31(25,6)15-16-33(32,8)26-20-30(5,14-13-29(26,3)4)28(37)34-17-18-38-9/h11-12,19,26,36H,10,13-18,20H2,1-9H3,(H,34,37)/t26-,30-,31+,32-,33+/m1/s1. The number of amides is 1. The molecule has 5 atom stereocenters. The van der Waals surface area contributed by atoms with E-state index >= 15 is 0 Å². The number of aliphatic hydroxyl groups is 1. The first-order valence-electron chi connectivity index (χ1n) is 14.5. The van der Waals surface area contributed by atoms with Crippen molar-refractivity contribution in [1.82, 2.24) is 5.32 Å². The molecular weight excluding hydrogens is 474 g/mol. The summed E-state index contributed by atoms with van der Waals surface area (Å²) in [7, 11) is 1.66. The van der Waals surface area contributed by atoms with E-state index in [-0.39, 0.29) is 39.1 Å². The van der Waals surface area contributed by atoms with Gasteiger partial charge in [-0.25, -0.2) is 0 Å². The predicted molar refractivity (Wildman–Crippen MR) is 153 cm³/mol. The normalized spacial score (nSPS) is 38.5. The minimum Gasteiger partial charge on any atom is -0.504 e. The van der Waals surface area contributed by atoms with Crippen LogP contribution in [-0.4, -0.2) is 37.1 Å². The van der Waals surface area contributed by atoms with Crippen molar-refractivity contribution in [2.24, 2.45) is 33.0 Å². The number of ketones is 1. The number of nitrogens with one attached hydrogen (secondary N) is 1. The van der Waals surface area contributed by atoms with Gasteiger partial charge in [0.1, 0.15) is 0 Å². The lowest BCUT2D eigenvalue weighted by Gasteiger charge is -2.66. The molecule has 5 heteroatoms. The highest BCUT2D eigenvalue weighted by atomic mass is 16.5. The number of carbonyl (C=O) groups excluding carboxylic acids is 2. The third kappa shape index (κ3) is 4.06. The van der Waals surface area contributed by atoms with Gasteiger partial charge in [0.15, 0.2) is 5.76 Å². The van der Waals surface area contributed by atoms with Crippen LogP contribution in [0.4, 0.5) is 0 Å². The molecule has 2 saturated carbocycles. The molecule has 0 radical (unpaired) electrons. The van der Waals surface area contributed by atoms with Crippen molar-refractivity contribution in [3.63, 3.8) is 0 Å². The molecular formula is C33H49NO4. The lowest BCUT2D eigenvalue weighted by molar-refractivity contribution is -0.146. The van der Waals surface area contributed by atoms with Gasteiger partial charge in [0.25, 0.3) is 0 Å². The Kier molecular flexibility index (Phi) is 7.21. The molecule has 4 rings (SSSR count). The van der Waals surface area contributed by atoms with Crippen molar-refractivity contribution in [1.29, 1.82) is 0 Å². The summed E-state index contributed by atoms with van der Waals surface area (Å²) in [5.74, 6) is 0.0870. The third-order valence-corrected chi connectivity index (χ3v) is 11.7. The molecule has 5 nitrogen and oxygen atoms in total. The van der Waals surface area contributed by atoms with E-state index in [1.807, 2.05) is 6.92 Å². The second-order valence-corrected chi connectivity index (χ2v) is 14.0. The van der Waals surface area contributed by atoms with Crippen LogP contribution in [-0.2, 0) is 14.3 Å². The molecule has 0 aromatic rings. The number of allylic oxidation sites excluding steroid dienone is 7. The quantitative estimate of drug-likeness (QED) is 0.367. The van der Waals surface area contributed by atoms with Gasteiger partial charge in [-0.3, -0.25) is 9.59 Å². The van der Waals surface area contributed by atoms with Gasteiger partial charge in [0.05, 0.1) is 6.61 Å². The maximum absolute atomic E-state index is 13.4. The second-order valence-electron chi connectivity index (χ2n) is 14.0. The Balaban J connectivity index is 1.78. The lowest BCUT2D eigenvalue weighted by atomic mass is 9.38. The first-order chi connectivity index (χ1) is 17.6. The summed E-state index contributed by atoms with van der Waals surface area (Å²) in [5, 5.41) is 13.5. The van der Waals surface area contributed by atoms with E-state index < -0.39 is 5.41 Å². The van der Waals surface area contributed by atoms with E-state index in [4.69, 9.17) is 4.74 Å². The molecule has 0 saturated heterocycles. The van der Waals surface area contributed by atoms with E-state index in [2.05, 4.69) is 65.9 Å². The summed E-state index contributed by atoms with van der Waals surface area (Å²) in [6, 6.07) is 0. The molecule has 0 unspecified atom stereocenters. The highest BCUT2D eigenvalue weighted by Crippen LogP contribution is 2.71. The summed E-state index contributed by atoms with van der Waals surface area (Å²) in [6.07, 6.45) is 11.8. The van der Waals surface area contributed by atoms with Crippen LogP contribution in [0.3, 0.4) is 0 Å². The fourth-order valence-corrected chi connectivity index (χ4v) is 8.64. The molecule has 0 aromatic carbocycles. The Hall–Kier alpha value is -2.14. The van der Waals surface area contributed by atoms with Crippen LogP contribution < -0.4 is 5.32 Å². The van der Waals surface area contributed by atoms with Crippen molar-refractivity contribution in [2.45, 2.75) is 93.9 Å². The lowest BCUT2D eigenvalue weighted by Crippen LogP contribution is -2.59. The molecule has 210 valence electrons. The van der Waals surface area contributed by atoms with Gasteiger partial charge in [-0.15, -0.1) is 0 Å². The first kappa shape index (κ1) is 28.9. The van der Waals surface area contributed by atoms with E-state index in [0.29, 0.717) is 24.6 Å². The average molecular weight is 524 g/mol. The summed E-state index contributed by atoms with van der Waals surface area (Å²) in [5.41, 5.74) is 3.43. The SMILES string of the molecule is CC[C@]1(C)C2=CC=C3C(=CC(=O)C(O)=C3C)[C@]2(C)CC[C@@]1(C)[C@@H]1C[C@](C)(C(=O)NCCOC)CCC1(C)C. The Morgan fingerprint density at radius 3 is 2.39 bits per heavy atom. The largest absolute Gasteiger partial charge is 0.504 e. The Morgan fingerprint density at radius 1 is 1.08 bits per heavy atom. The molecule has 0 spiro atoms. The topological polar surface area (TPSA) is 75.6 Å². The van der Waals surface area contributed by atoms with Crippen LogP contribution in [0.15, 0.2) is 46.3 Å². The van der Waals surface area contributed by atoms with Gasteiger partial charge in [-0.2, -0.15) is 0 Å². The van der Waals surface area contributed by atoms with Gasteiger partial charge >= 0.3 is 0 Å². The average Bonchev–Trinajstić information content (AvgIpc) is 2.87. The number of hydrogen-bond acceptors (Lipinski definition) is 4. The van der Waals surface area contributed by atoms with E-state index in [1.54, 1.807) is 13.2 Å². The molecule has 1 amide bonds. The Morgan fingerprint density at radius 2 is 1.76 bits per heavy atom. The van der Waals surface area contributed by atoms with E-state index in [1.165, 1.54) is 5.57 Å². The highest BCUT2D eigenvalue weighted by molar-refractivity contribution is 6.06. The predicted octanol–water partition coefficient (Wildman–Crippen LogP) is 7.01. The molecule has 0 heterocycles. The van der Waals surface area contributed by atoms with Gasteiger partial charge in [0, 0.05) is 30.1 Å². The van der Waals surface area contributed by atoms with Crippen LogP contribution in [0.25, 0.3) is 0 Å². The number of rotatable bonds is 6. The number of ether oxygens (including phenoxy) is 1. The Bertz CT molecular complexity index is 1160. The van der Waals surface area contributed by atoms with Crippen LogP contribution >= 0.6 is 0 Å². The van der Waals surface area contributed by atoms with Crippen molar-refractivity contribution < 1.29 is 19.4 Å². The number of methoxy groups -OCH3 is 1. The smallest absolute Gasteiger partial charge is 0.226 e. The van der Waals surface area contributed by atoms with Crippen LogP contribution in [0.2, 0.25) is 0 Å². The minimum atomic E-state index is -0.405. The molecule has 4 aliphatic carbocycles. The van der Waals surface area contributed by atoms with Crippen LogP contribution in [0.1, 0.15) is 93.9 Å². The third-order valence-electron chi connectivity index (χ3n) is 11.7.